The SMILES string of the molecule is CCCC1=NN2C(=N)/C(=C/c3ccc(OC(=O)c4cccs4)c(OC)c3)C(=O)N=C2S1. The summed E-state index contributed by atoms with van der Waals surface area (Å²) >= 11 is 2.60. The number of esters is 1. The maximum atomic E-state index is 12.5. The minimum atomic E-state index is -0.496. The van der Waals surface area contributed by atoms with E-state index in [-0.39, 0.29) is 17.2 Å². The normalized spacial score (nSPS) is 16.8. The lowest BCUT2D eigenvalue weighted by Gasteiger charge is -2.20. The topological polar surface area (TPSA) is 104 Å². The van der Waals surface area contributed by atoms with Crippen molar-refractivity contribution in [3.8, 4) is 11.5 Å². The van der Waals surface area contributed by atoms with Crippen molar-refractivity contribution in [1.82, 2.24) is 5.01 Å². The fourth-order valence-electron chi connectivity index (χ4n) is 2.92. The summed E-state index contributed by atoms with van der Waals surface area (Å²) in [6.07, 6.45) is 3.24. The number of amides is 1. The highest BCUT2D eigenvalue weighted by atomic mass is 32.2. The minimum absolute atomic E-state index is 0.0271. The molecule has 8 nitrogen and oxygen atoms in total. The van der Waals surface area contributed by atoms with E-state index in [2.05, 4.69) is 10.1 Å². The highest BCUT2D eigenvalue weighted by molar-refractivity contribution is 8.26. The van der Waals surface area contributed by atoms with Crippen LogP contribution in [0.15, 0.2) is 51.4 Å². The molecule has 2 aliphatic heterocycles. The van der Waals surface area contributed by atoms with Crippen molar-refractivity contribution in [2.75, 3.05) is 7.11 Å². The molecule has 0 aliphatic carbocycles. The standard InChI is InChI=1S/C21H18N4O4S2/c1-3-5-17-24-25-18(22)13(19(26)23-21(25)31-17)10-12-7-8-14(15(11-12)28-2)29-20(27)16-6-4-9-30-16/h4,6-11,22H,3,5H2,1-2H3/b13-10-,22-18?. The molecule has 1 N–H and O–H groups in total. The number of hydrazone groups is 1. The van der Waals surface area contributed by atoms with Gasteiger partial charge in [-0.1, -0.05) is 19.1 Å². The van der Waals surface area contributed by atoms with Crippen LogP contribution in [0.3, 0.4) is 0 Å². The molecule has 3 heterocycles. The third-order valence-electron chi connectivity index (χ3n) is 4.38. The number of amidine groups is 2. The summed E-state index contributed by atoms with van der Waals surface area (Å²) in [5, 5.41) is 17.2. The average molecular weight is 455 g/mol. The van der Waals surface area contributed by atoms with Crippen LogP contribution in [0, 0.1) is 5.41 Å². The van der Waals surface area contributed by atoms with Gasteiger partial charge in [-0.05, 0) is 59.8 Å². The highest BCUT2D eigenvalue weighted by Crippen LogP contribution is 2.32. The molecule has 0 saturated carbocycles. The summed E-state index contributed by atoms with van der Waals surface area (Å²) in [6, 6.07) is 8.35. The first-order chi connectivity index (χ1) is 15.0. The summed E-state index contributed by atoms with van der Waals surface area (Å²) in [4.78, 5) is 29.3. The van der Waals surface area contributed by atoms with E-state index in [4.69, 9.17) is 14.9 Å². The Balaban J connectivity index is 1.59. The number of nitrogens with one attached hydrogen (secondary N) is 1. The highest BCUT2D eigenvalue weighted by Gasteiger charge is 2.35. The number of hydrogen-bond donors (Lipinski definition) is 1. The molecule has 2 aliphatic rings. The number of carbonyl (C=O) groups excluding carboxylic acids is 2. The predicted molar refractivity (Wildman–Crippen MR) is 122 cm³/mol. The van der Waals surface area contributed by atoms with Crippen LogP contribution in [0.25, 0.3) is 6.08 Å². The third kappa shape index (κ3) is 4.30. The van der Waals surface area contributed by atoms with Gasteiger partial charge in [0.15, 0.2) is 17.3 Å². The number of fused-ring (bicyclic) bond motifs is 1. The number of aliphatic imine (C=N–C) groups is 1. The third-order valence-corrected chi connectivity index (χ3v) is 6.20. The number of carbonyl (C=O) groups is 2. The van der Waals surface area contributed by atoms with E-state index in [1.54, 1.807) is 41.8 Å². The second kappa shape index (κ2) is 8.86. The number of nitrogens with zero attached hydrogens (tertiary/aromatic N) is 3. The molecule has 0 atom stereocenters. The quantitative estimate of drug-likeness (QED) is 0.394. The van der Waals surface area contributed by atoms with Gasteiger partial charge in [0.25, 0.3) is 5.91 Å². The van der Waals surface area contributed by atoms with Gasteiger partial charge in [-0.25, -0.2) is 4.79 Å². The summed E-state index contributed by atoms with van der Waals surface area (Å²) in [7, 11) is 1.46. The van der Waals surface area contributed by atoms with Gasteiger partial charge in [0.2, 0.25) is 5.17 Å². The molecule has 10 heteroatoms. The van der Waals surface area contributed by atoms with E-state index < -0.39 is 11.9 Å². The number of rotatable bonds is 6. The molecule has 0 spiro atoms. The van der Waals surface area contributed by atoms with Gasteiger partial charge >= 0.3 is 5.97 Å². The lowest BCUT2D eigenvalue weighted by atomic mass is 10.1. The monoisotopic (exact) mass is 454 g/mol. The fraction of sp³-hybridized carbons (Fsp3) is 0.190. The maximum Gasteiger partial charge on any atom is 0.353 e. The summed E-state index contributed by atoms with van der Waals surface area (Å²) in [5.41, 5.74) is 0.723. The second-order valence-corrected chi connectivity index (χ2v) is 8.53. The Hall–Kier alpha value is -3.24. The van der Waals surface area contributed by atoms with E-state index in [1.165, 1.54) is 35.2 Å². The van der Waals surface area contributed by atoms with Gasteiger partial charge in [0.05, 0.1) is 12.7 Å². The van der Waals surface area contributed by atoms with Gasteiger partial charge < -0.3 is 9.47 Å². The van der Waals surface area contributed by atoms with Gasteiger partial charge in [-0.3, -0.25) is 10.2 Å². The van der Waals surface area contributed by atoms with Crippen LogP contribution in [-0.4, -0.2) is 40.0 Å². The number of benzene rings is 1. The Bertz CT molecular complexity index is 1150. The first-order valence-electron chi connectivity index (χ1n) is 9.43. The van der Waals surface area contributed by atoms with Crippen molar-refractivity contribution in [1.29, 1.82) is 5.41 Å². The molecule has 158 valence electrons. The molecular weight excluding hydrogens is 436 g/mol. The maximum absolute atomic E-state index is 12.5. The van der Waals surface area contributed by atoms with Crippen LogP contribution in [0.5, 0.6) is 11.5 Å². The molecule has 0 radical (unpaired) electrons. The average Bonchev–Trinajstić information content (AvgIpc) is 3.42. The molecular formula is C21H18N4O4S2. The van der Waals surface area contributed by atoms with Crippen molar-refractivity contribution in [3.05, 3.63) is 51.7 Å². The summed E-state index contributed by atoms with van der Waals surface area (Å²) < 4.78 is 10.8. The molecule has 0 fully saturated rings. The number of thioether (sulfide) groups is 1. The van der Waals surface area contributed by atoms with Crippen LogP contribution in [0.2, 0.25) is 0 Å². The zero-order chi connectivity index (χ0) is 22.0. The van der Waals surface area contributed by atoms with Crippen LogP contribution in [0.4, 0.5) is 0 Å². The first kappa shape index (κ1) is 21.0. The molecule has 0 saturated heterocycles. The predicted octanol–water partition coefficient (Wildman–Crippen LogP) is 4.40. The van der Waals surface area contributed by atoms with E-state index in [0.29, 0.717) is 21.4 Å². The van der Waals surface area contributed by atoms with Crippen molar-refractivity contribution in [3.63, 3.8) is 0 Å². The van der Waals surface area contributed by atoms with Crippen molar-refractivity contribution in [2.24, 2.45) is 10.1 Å². The lowest BCUT2D eigenvalue weighted by molar-refractivity contribution is -0.114. The first-order valence-corrected chi connectivity index (χ1v) is 11.1. The smallest absolute Gasteiger partial charge is 0.353 e. The van der Waals surface area contributed by atoms with Gasteiger partial charge in [-0.2, -0.15) is 15.1 Å². The molecule has 0 bridgehead atoms. The number of thiophene rings is 1. The largest absolute Gasteiger partial charge is 0.493 e. The fourth-order valence-corrected chi connectivity index (χ4v) is 4.50. The Morgan fingerprint density at radius 2 is 2.13 bits per heavy atom. The molecule has 4 rings (SSSR count). The van der Waals surface area contributed by atoms with E-state index in [0.717, 1.165) is 17.9 Å². The number of ether oxygens (including phenoxy) is 2. The van der Waals surface area contributed by atoms with E-state index in [9.17, 15) is 9.59 Å². The van der Waals surface area contributed by atoms with Crippen LogP contribution in [-0.2, 0) is 4.79 Å². The Morgan fingerprint density at radius 1 is 1.29 bits per heavy atom. The second-order valence-electron chi connectivity index (χ2n) is 6.54. The van der Waals surface area contributed by atoms with Crippen LogP contribution >= 0.6 is 23.1 Å². The molecule has 0 unspecified atom stereocenters. The zero-order valence-corrected chi connectivity index (χ0v) is 18.4. The molecule has 2 aromatic rings. The van der Waals surface area contributed by atoms with Gasteiger partial charge in [0, 0.05) is 0 Å². The summed E-state index contributed by atoms with van der Waals surface area (Å²) in [5.74, 6) is -0.404. The molecule has 1 aromatic carbocycles. The number of hydrogen-bond acceptors (Lipinski definition) is 8. The lowest BCUT2D eigenvalue weighted by Crippen LogP contribution is -2.35. The Kier molecular flexibility index (Phi) is 6.01. The molecule has 1 amide bonds. The molecule has 1 aromatic heterocycles. The zero-order valence-electron chi connectivity index (χ0n) is 16.7. The summed E-state index contributed by atoms with van der Waals surface area (Å²) in [6.45, 7) is 2.04. The number of methoxy groups -OCH3 is 1. The van der Waals surface area contributed by atoms with E-state index in [1.807, 2.05) is 6.92 Å². The van der Waals surface area contributed by atoms with E-state index >= 15 is 0 Å². The van der Waals surface area contributed by atoms with Crippen molar-refractivity contribution < 1.29 is 19.1 Å². The van der Waals surface area contributed by atoms with Crippen LogP contribution in [0.1, 0.15) is 35.0 Å². The minimum Gasteiger partial charge on any atom is -0.493 e. The Labute approximate surface area is 186 Å². The van der Waals surface area contributed by atoms with Crippen molar-refractivity contribution in [2.45, 2.75) is 19.8 Å². The van der Waals surface area contributed by atoms with Gasteiger partial charge in [0.1, 0.15) is 9.92 Å². The van der Waals surface area contributed by atoms with Crippen molar-refractivity contribution >= 4 is 57.1 Å². The van der Waals surface area contributed by atoms with Gasteiger partial charge in [-0.15, -0.1) is 11.3 Å². The molecule has 31 heavy (non-hydrogen) atoms. The Morgan fingerprint density at radius 3 is 2.84 bits per heavy atom. The van der Waals surface area contributed by atoms with Crippen LogP contribution < -0.4 is 9.47 Å².